The fourth-order valence-corrected chi connectivity index (χ4v) is 3.83. The lowest BCUT2D eigenvalue weighted by atomic mass is 10.1. The van der Waals surface area contributed by atoms with Crippen molar-refractivity contribution in [3.05, 3.63) is 70.3 Å². The third kappa shape index (κ3) is 3.29. The highest BCUT2D eigenvalue weighted by atomic mass is 35.5. The van der Waals surface area contributed by atoms with E-state index in [1.54, 1.807) is 23.0 Å². The zero-order valence-corrected chi connectivity index (χ0v) is 16.3. The van der Waals surface area contributed by atoms with Crippen molar-refractivity contribution < 1.29 is 9.53 Å². The van der Waals surface area contributed by atoms with Gasteiger partial charge in [-0.2, -0.15) is 0 Å². The maximum absolute atomic E-state index is 12.8. The first kappa shape index (κ1) is 17.6. The van der Waals surface area contributed by atoms with Gasteiger partial charge in [-0.15, -0.1) is 11.3 Å². The van der Waals surface area contributed by atoms with Gasteiger partial charge >= 0.3 is 0 Å². The number of methoxy groups -OCH3 is 1. The molecule has 5 nitrogen and oxygen atoms in total. The number of anilines is 1. The van der Waals surface area contributed by atoms with Crippen molar-refractivity contribution in [3.8, 4) is 17.0 Å². The number of carbonyl (C=O) groups is 1. The number of amides is 1. The number of imidazole rings is 1. The zero-order valence-electron chi connectivity index (χ0n) is 14.7. The molecule has 1 N–H and O–H groups in total. The van der Waals surface area contributed by atoms with E-state index in [4.69, 9.17) is 16.3 Å². The highest BCUT2D eigenvalue weighted by Gasteiger charge is 2.16. The molecule has 0 aliphatic rings. The number of aromatic nitrogens is 2. The van der Waals surface area contributed by atoms with Gasteiger partial charge in [-0.1, -0.05) is 29.8 Å². The number of rotatable bonds is 4. The summed E-state index contributed by atoms with van der Waals surface area (Å²) in [4.78, 5) is 18.2. The minimum absolute atomic E-state index is 0.207. The summed E-state index contributed by atoms with van der Waals surface area (Å²) in [6.45, 7) is 1.87. The molecule has 0 aliphatic heterocycles. The fraction of sp³-hybridized carbons (Fsp3) is 0.100. The molecule has 0 unspecified atom stereocenters. The van der Waals surface area contributed by atoms with E-state index in [9.17, 15) is 4.79 Å². The van der Waals surface area contributed by atoms with E-state index in [0.29, 0.717) is 16.4 Å². The van der Waals surface area contributed by atoms with Gasteiger partial charge in [0.2, 0.25) is 0 Å². The molecular weight excluding hydrogens is 382 g/mol. The Kier molecular flexibility index (Phi) is 4.59. The van der Waals surface area contributed by atoms with Gasteiger partial charge in [0.1, 0.15) is 11.4 Å². The van der Waals surface area contributed by atoms with Gasteiger partial charge < -0.3 is 10.1 Å². The summed E-state index contributed by atoms with van der Waals surface area (Å²) >= 11 is 7.56. The summed E-state index contributed by atoms with van der Waals surface area (Å²) < 4.78 is 7.07. The van der Waals surface area contributed by atoms with Gasteiger partial charge in [0.25, 0.3) is 5.91 Å². The van der Waals surface area contributed by atoms with Gasteiger partial charge in [0.05, 0.1) is 12.8 Å². The normalized spacial score (nSPS) is 10.9. The number of ether oxygens (including phenoxy) is 1. The molecule has 27 heavy (non-hydrogen) atoms. The topological polar surface area (TPSA) is 55.6 Å². The number of carbonyl (C=O) groups excluding carboxylic acids is 1. The highest BCUT2D eigenvalue weighted by molar-refractivity contribution is 7.15. The van der Waals surface area contributed by atoms with Crippen molar-refractivity contribution in [2.45, 2.75) is 6.92 Å². The first-order valence-electron chi connectivity index (χ1n) is 8.24. The minimum atomic E-state index is -0.207. The van der Waals surface area contributed by atoms with Crippen LogP contribution < -0.4 is 10.1 Å². The number of nitrogens with one attached hydrogen (secondary N) is 1. The molecule has 0 spiro atoms. The second kappa shape index (κ2) is 7.06. The Morgan fingerprint density at radius 1 is 1.26 bits per heavy atom. The van der Waals surface area contributed by atoms with Crippen LogP contribution >= 0.6 is 22.9 Å². The predicted octanol–water partition coefficient (Wildman–Crippen LogP) is 5.29. The van der Waals surface area contributed by atoms with Crippen molar-refractivity contribution in [2.24, 2.45) is 0 Å². The molecule has 136 valence electrons. The molecule has 0 atom stereocenters. The van der Waals surface area contributed by atoms with Crippen LogP contribution in [0.4, 0.5) is 5.69 Å². The number of hydrogen-bond donors (Lipinski definition) is 1. The van der Waals surface area contributed by atoms with Crippen molar-refractivity contribution in [1.29, 1.82) is 0 Å². The van der Waals surface area contributed by atoms with Gasteiger partial charge in [-0.3, -0.25) is 9.20 Å². The fourth-order valence-electron chi connectivity index (χ4n) is 2.80. The molecule has 7 heteroatoms. The number of nitrogens with zero attached hydrogens (tertiary/aromatic N) is 2. The van der Waals surface area contributed by atoms with Gasteiger partial charge in [-0.25, -0.2) is 4.98 Å². The number of halogens is 1. The maximum Gasteiger partial charge on any atom is 0.273 e. The standard InChI is InChI=1S/C20H16ClN3O2S/c1-12-15(21)7-4-8-16(12)22-19(25)18-11-27-20-23-17(10-24(18)20)13-5-3-6-14(9-13)26-2/h3-11H,1-2H3,(H,22,25). The van der Waals surface area contributed by atoms with Crippen molar-refractivity contribution in [2.75, 3.05) is 12.4 Å². The van der Waals surface area contributed by atoms with Crippen LogP contribution in [0.25, 0.3) is 16.2 Å². The first-order valence-corrected chi connectivity index (χ1v) is 9.50. The molecule has 1 amide bonds. The number of hydrogen-bond acceptors (Lipinski definition) is 4. The Morgan fingerprint density at radius 2 is 2.07 bits per heavy atom. The van der Waals surface area contributed by atoms with Crippen LogP contribution in [0.2, 0.25) is 5.02 Å². The molecule has 0 saturated heterocycles. The SMILES string of the molecule is COc1cccc(-c2cn3c(C(=O)Nc4cccc(Cl)c4C)csc3n2)c1. The second-order valence-electron chi connectivity index (χ2n) is 6.00. The molecule has 0 aliphatic carbocycles. The quantitative estimate of drug-likeness (QED) is 0.509. The lowest BCUT2D eigenvalue weighted by molar-refractivity contribution is 0.102. The third-order valence-corrected chi connectivity index (χ3v) is 5.57. The van der Waals surface area contributed by atoms with E-state index in [0.717, 1.165) is 27.5 Å². The van der Waals surface area contributed by atoms with Crippen LogP contribution in [0, 0.1) is 6.92 Å². The summed E-state index contributed by atoms with van der Waals surface area (Å²) in [6.07, 6.45) is 1.86. The molecule has 2 heterocycles. The van der Waals surface area contributed by atoms with Crippen LogP contribution in [0.5, 0.6) is 5.75 Å². The van der Waals surface area contributed by atoms with E-state index in [-0.39, 0.29) is 5.91 Å². The van der Waals surface area contributed by atoms with E-state index in [1.165, 1.54) is 11.3 Å². The zero-order chi connectivity index (χ0) is 19.0. The maximum atomic E-state index is 12.8. The molecule has 0 saturated carbocycles. The molecule has 0 radical (unpaired) electrons. The van der Waals surface area contributed by atoms with Crippen LogP contribution in [-0.4, -0.2) is 22.4 Å². The summed E-state index contributed by atoms with van der Waals surface area (Å²) in [5.74, 6) is 0.555. The molecule has 2 aromatic carbocycles. The largest absolute Gasteiger partial charge is 0.497 e. The highest BCUT2D eigenvalue weighted by Crippen LogP contribution is 2.27. The molecule has 0 fully saturated rings. The number of fused-ring (bicyclic) bond motifs is 1. The molecule has 2 aromatic heterocycles. The van der Waals surface area contributed by atoms with E-state index in [1.807, 2.05) is 49.5 Å². The van der Waals surface area contributed by atoms with Crippen LogP contribution in [0.3, 0.4) is 0 Å². The average molecular weight is 398 g/mol. The number of thiazole rings is 1. The molecule has 4 rings (SSSR count). The van der Waals surface area contributed by atoms with Crippen LogP contribution in [0.15, 0.2) is 54.0 Å². The van der Waals surface area contributed by atoms with Crippen molar-refractivity contribution in [1.82, 2.24) is 9.38 Å². The average Bonchev–Trinajstić information content (AvgIpc) is 3.26. The third-order valence-electron chi connectivity index (χ3n) is 4.32. The summed E-state index contributed by atoms with van der Waals surface area (Å²) in [6, 6.07) is 13.1. The molecule has 0 bridgehead atoms. The summed E-state index contributed by atoms with van der Waals surface area (Å²) in [5.41, 5.74) is 3.77. The lowest BCUT2D eigenvalue weighted by Crippen LogP contribution is -2.14. The van der Waals surface area contributed by atoms with Crippen molar-refractivity contribution >= 4 is 39.5 Å². The Morgan fingerprint density at radius 3 is 2.89 bits per heavy atom. The molecular formula is C20H16ClN3O2S. The first-order chi connectivity index (χ1) is 13.1. The smallest absolute Gasteiger partial charge is 0.273 e. The van der Waals surface area contributed by atoms with E-state index in [2.05, 4.69) is 10.3 Å². The van der Waals surface area contributed by atoms with Gasteiger partial charge in [0.15, 0.2) is 4.96 Å². The minimum Gasteiger partial charge on any atom is -0.497 e. The Hall–Kier alpha value is -2.83. The van der Waals surface area contributed by atoms with E-state index < -0.39 is 0 Å². The van der Waals surface area contributed by atoms with Crippen LogP contribution in [0.1, 0.15) is 16.1 Å². The Bertz CT molecular complexity index is 1150. The Labute approximate surface area is 165 Å². The predicted molar refractivity (Wildman–Crippen MR) is 109 cm³/mol. The lowest BCUT2D eigenvalue weighted by Gasteiger charge is -2.08. The van der Waals surface area contributed by atoms with Crippen LogP contribution in [-0.2, 0) is 0 Å². The Balaban J connectivity index is 1.67. The summed E-state index contributed by atoms with van der Waals surface area (Å²) in [7, 11) is 1.63. The molecule has 4 aromatic rings. The van der Waals surface area contributed by atoms with E-state index >= 15 is 0 Å². The van der Waals surface area contributed by atoms with Gasteiger partial charge in [0, 0.05) is 27.9 Å². The second-order valence-corrected chi connectivity index (χ2v) is 7.24. The monoisotopic (exact) mass is 397 g/mol. The summed E-state index contributed by atoms with van der Waals surface area (Å²) in [5, 5.41) is 5.34. The number of benzene rings is 2. The van der Waals surface area contributed by atoms with Gasteiger partial charge in [-0.05, 0) is 36.8 Å². The van der Waals surface area contributed by atoms with Crippen molar-refractivity contribution in [3.63, 3.8) is 0 Å².